The van der Waals surface area contributed by atoms with Gasteiger partial charge in [0, 0.05) is 23.3 Å². The monoisotopic (exact) mass is 276 g/mol. The molecule has 1 N–H and O–H groups in total. The molecule has 1 heterocycles. The Labute approximate surface area is 118 Å². The van der Waals surface area contributed by atoms with Crippen LogP contribution in [0.5, 0.6) is 11.5 Å². The molecule has 0 spiro atoms. The van der Waals surface area contributed by atoms with Crippen molar-refractivity contribution in [2.45, 2.75) is 20.4 Å². The molecule has 0 fully saturated rings. The van der Waals surface area contributed by atoms with E-state index in [1.807, 2.05) is 31.2 Å². The van der Waals surface area contributed by atoms with Gasteiger partial charge in [-0.1, -0.05) is 18.5 Å². The molecular weight excluding hydrogens is 260 g/mol. The maximum absolute atomic E-state index is 6.01. The fraction of sp³-hybridized carbons (Fsp3) is 0.267. The van der Waals surface area contributed by atoms with Crippen molar-refractivity contribution < 1.29 is 4.74 Å². The van der Waals surface area contributed by atoms with E-state index < -0.39 is 0 Å². The number of pyridine rings is 1. The first-order valence-corrected chi connectivity index (χ1v) is 6.66. The van der Waals surface area contributed by atoms with Gasteiger partial charge < -0.3 is 10.1 Å². The van der Waals surface area contributed by atoms with Crippen LogP contribution in [0, 0.1) is 6.92 Å². The van der Waals surface area contributed by atoms with Crippen LogP contribution in [0.1, 0.15) is 18.1 Å². The van der Waals surface area contributed by atoms with Crippen LogP contribution in [0.15, 0.2) is 36.7 Å². The van der Waals surface area contributed by atoms with Crippen molar-refractivity contribution in [2.75, 3.05) is 6.54 Å². The first-order chi connectivity index (χ1) is 9.20. The van der Waals surface area contributed by atoms with Gasteiger partial charge in [0.05, 0.1) is 6.20 Å². The van der Waals surface area contributed by atoms with E-state index in [0.29, 0.717) is 0 Å². The highest BCUT2D eigenvalue weighted by atomic mass is 35.5. The summed E-state index contributed by atoms with van der Waals surface area (Å²) in [6.07, 6.45) is 3.50. The lowest BCUT2D eigenvalue weighted by Crippen LogP contribution is -2.12. The normalized spacial score (nSPS) is 10.5. The highest BCUT2D eigenvalue weighted by molar-refractivity contribution is 6.31. The van der Waals surface area contributed by atoms with Gasteiger partial charge in [-0.15, -0.1) is 0 Å². The number of benzene rings is 1. The van der Waals surface area contributed by atoms with Crippen molar-refractivity contribution in [3.05, 3.63) is 52.8 Å². The molecule has 4 heteroatoms. The molecule has 1 aromatic carbocycles. The fourth-order valence-corrected chi connectivity index (χ4v) is 1.83. The number of aromatic nitrogens is 1. The molecule has 1 aromatic heterocycles. The molecule has 3 nitrogen and oxygen atoms in total. The Hall–Kier alpha value is -1.58. The lowest BCUT2D eigenvalue weighted by Gasteiger charge is -2.11. The average Bonchev–Trinajstić information content (AvgIpc) is 2.42. The Morgan fingerprint density at radius 2 is 2.16 bits per heavy atom. The van der Waals surface area contributed by atoms with E-state index in [1.54, 1.807) is 12.4 Å². The maximum Gasteiger partial charge on any atom is 0.150 e. The minimum absolute atomic E-state index is 0.742. The molecule has 2 rings (SSSR count). The molecule has 2 aromatic rings. The molecule has 0 aliphatic heterocycles. The highest BCUT2D eigenvalue weighted by Crippen LogP contribution is 2.27. The Morgan fingerprint density at radius 1 is 1.32 bits per heavy atom. The number of nitrogens with one attached hydrogen (secondary N) is 1. The average molecular weight is 277 g/mol. The van der Waals surface area contributed by atoms with Crippen molar-refractivity contribution in [1.29, 1.82) is 0 Å². The lowest BCUT2D eigenvalue weighted by molar-refractivity contribution is 0.470. The molecule has 0 aliphatic carbocycles. The van der Waals surface area contributed by atoms with Gasteiger partial charge in [0.2, 0.25) is 0 Å². The van der Waals surface area contributed by atoms with Crippen LogP contribution >= 0.6 is 11.6 Å². The van der Waals surface area contributed by atoms with Gasteiger partial charge in [-0.25, -0.2) is 0 Å². The minimum Gasteiger partial charge on any atom is -0.455 e. The number of halogens is 1. The van der Waals surface area contributed by atoms with Crippen LogP contribution in [-0.2, 0) is 6.54 Å². The van der Waals surface area contributed by atoms with Crippen LogP contribution in [0.4, 0.5) is 0 Å². The summed E-state index contributed by atoms with van der Waals surface area (Å²) in [5.74, 6) is 1.54. The standard InChI is InChI=1S/C15H17ClN2O/c1-3-17-9-12-6-7-18-10-15(12)19-13-4-5-14(16)11(2)8-13/h4-8,10,17H,3,9H2,1-2H3. The third kappa shape index (κ3) is 3.69. The van der Waals surface area contributed by atoms with E-state index in [2.05, 4.69) is 17.2 Å². The molecule has 0 aliphatic rings. The summed E-state index contributed by atoms with van der Waals surface area (Å²) in [6.45, 7) is 5.71. The Bertz CT molecular complexity index is 558. The highest BCUT2D eigenvalue weighted by Gasteiger charge is 2.05. The number of hydrogen-bond acceptors (Lipinski definition) is 3. The van der Waals surface area contributed by atoms with E-state index in [1.165, 1.54) is 0 Å². The van der Waals surface area contributed by atoms with Crippen LogP contribution < -0.4 is 10.1 Å². The molecule has 100 valence electrons. The smallest absolute Gasteiger partial charge is 0.150 e. The van der Waals surface area contributed by atoms with Crippen molar-refractivity contribution in [2.24, 2.45) is 0 Å². The summed E-state index contributed by atoms with van der Waals surface area (Å²) in [6, 6.07) is 7.58. The molecule has 0 amide bonds. The molecule has 0 bridgehead atoms. The lowest BCUT2D eigenvalue weighted by atomic mass is 10.2. The van der Waals surface area contributed by atoms with Crippen molar-refractivity contribution >= 4 is 11.6 Å². The van der Waals surface area contributed by atoms with E-state index in [0.717, 1.165) is 40.7 Å². The van der Waals surface area contributed by atoms with Crippen LogP contribution in [0.2, 0.25) is 5.02 Å². The van der Waals surface area contributed by atoms with Crippen molar-refractivity contribution in [1.82, 2.24) is 10.3 Å². The summed E-state index contributed by atoms with van der Waals surface area (Å²) < 4.78 is 5.88. The summed E-state index contributed by atoms with van der Waals surface area (Å²) in [7, 11) is 0. The zero-order valence-electron chi connectivity index (χ0n) is 11.1. The Kier molecular flexibility index (Phi) is 4.77. The summed E-state index contributed by atoms with van der Waals surface area (Å²) in [4.78, 5) is 4.11. The van der Waals surface area contributed by atoms with Gasteiger partial charge in [-0.05, 0) is 43.3 Å². The molecule has 0 saturated carbocycles. The van der Waals surface area contributed by atoms with Crippen molar-refractivity contribution in [3.63, 3.8) is 0 Å². The Balaban J connectivity index is 2.20. The van der Waals surface area contributed by atoms with E-state index in [4.69, 9.17) is 16.3 Å². The third-order valence-electron chi connectivity index (χ3n) is 2.79. The van der Waals surface area contributed by atoms with Gasteiger partial charge in [0.15, 0.2) is 0 Å². The summed E-state index contributed by atoms with van der Waals surface area (Å²) in [5.41, 5.74) is 2.08. The maximum atomic E-state index is 6.01. The quantitative estimate of drug-likeness (QED) is 0.898. The van der Waals surface area contributed by atoms with Gasteiger partial charge in [-0.3, -0.25) is 4.98 Å². The van der Waals surface area contributed by atoms with Crippen LogP contribution in [0.3, 0.4) is 0 Å². The fourth-order valence-electron chi connectivity index (χ4n) is 1.71. The topological polar surface area (TPSA) is 34.2 Å². The third-order valence-corrected chi connectivity index (χ3v) is 3.22. The largest absolute Gasteiger partial charge is 0.455 e. The Morgan fingerprint density at radius 3 is 2.89 bits per heavy atom. The SMILES string of the molecule is CCNCc1ccncc1Oc1ccc(Cl)c(C)c1. The van der Waals surface area contributed by atoms with Gasteiger partial charge >= 0.3 is 0 Å². The number of hydrogen-bond donors (Lipinski definition) is 1. The van der Waals surface area contributed by atoms with Gasteiger partial charge in [0.25, 0.3) is 0 Å². The van der Waals surface area contributed by atoms with E-state index in [9.17, 15) is 0 Å². The van der Waals surface area contributed by atoms with Gasteiger partial charge in [0.1, 0.15) is 11.5 Å². The van der Waals surface area contributed by atoms with Crippen LogP contribution in [-0.4, -0.2) is 11.5 Å². The first-order valence-electron chi connectivity index (χ1n) is 6.28. The minimum atomic E-state index is 0.742. The molecule has 19 heavy (non-hydrogen) atoms. The number of ether oxygens (including phenoxy) is 1. The molecule has 0 radical (unpaired) electrons. The van der Waals surface area contributed by atoms with Crippen LogP contribution in [0.25, 0.3) is 0 Å². The van der Waals surface area contributed by atoms with Crippen molar-refractivity contribution in [3.8, 4) is 11.5 Å². The molecule has 0 atom stereocenters. The second kappa shape index (κ2) is 6.55. The molecule has 0 unspecified atom stereocenters. The second-order valence-corrected chi connectivity index (χ2v) is 4.68. The molecular formula is C15H17ClN2O. The van der Waals surface area contributed by atoms with Gasteiger partial charge in [-0.2, -0.15) is 0 Å². The van der Waals surface area contributed by atoms with E-state index >= 15 is 0 Å². The zero-order chi connectivity index (χ0) is 13.7. The second-order valence-electron chi connectivity index (χ2n) is 4.28. The summed E-state index contributed by atoms with van der Waals surface area (Å²) in [5, 5.41) is 4.02. The number of rotatable bonds is 5. The predicted molar refractivity (Wildman–Crippen MR) is 77.9 cm³/mol. The number of aryl methyl sites for hydroxylation is 1. The predicted octanol–water partition coefficient (Wildman–Crippen LogP) is 3.95. The first kappa shape index (κ1) is 13.8. The molecule has 0 saturated heterocycles. The van der Waals surface area contributed by atoms with E-state index in [-0.39, 0.29) is 0 Å². The number of nitrogens with zero attached hydrogens (tertiary/aromatic N) is 1. The zero-order valence-corrected chi connectivity index (χ0v) is 11.9. The summed E-state index contributed by atoms with van der Waals surface area (Å²) >= 11 is 6.01.